The fourth-order valence-electron chi connectivity index (χ4n) is 4.69. The zero-order valence-corrected chi connectivity index (χ0v) is 15.4. The predicted octanol–water partition coefficient (Wildman–Crippen LogP) is 3.63. The zero-order valence-electron chi connectivity index (χ0n) is 14.4. The van der Waals surface area contributed by atoms with Gasteiger partial charge in [-0.1, -0.05) is 0 Å². The second kappa shape index (κ2) is 7.12. The number of aliphatic hydroxyl groups excluding tert-OH is 1. The number of benzene rings is 3. The molecule has 0 aromatic heterocycles. The van der Waals surface area contributed by atoms with Gasteiger partial charge in [-0.05, 0) is 0 Å². The fourth-order valence-corrected chi connectivity index (χ4v) is 10.5. The van der Waals surface area contributed by atoms with Gasteiger partial charge in [0.15, 0.2) is 0 Å². The van der Waals surface area contributed by atoms with E-state index < -0.39 is 7.26 Å². The molecule has 3 aromatic rings. The van der Waals surface area contributed by atoms with Crippen molar-refractivity contribution >= 4 is 23.2 Å². The molecule has 128 valence electrons. The van der Waals surface area contributed by atoms with E-state index in [-0.39, 0.29) is 6.10 Å². The van der Waals surface area contributed by atoms with E-state index >= 15 is 0 Å². The van der Waals surface area contributed by atoms with Gasteiger partial charge in [0.25, 0.3) is 0 Å². The first kappa shape index (κ1) is 16.5. The Morgan fingerprint density at radius 1 is 0.600 bits per heavy atom. The minimum atomic E-state index is -2.30. The Balaban J connectivity index is 2.05. The molecule has 1 aliphatic rings. The molecular weight excluding hydrogens is 323 g/mol. The van der Waals surface area contributed by atoms with Crippen molar-refractivity contribution in [1.29, 1.82) is 0 Å². The molecular formula is C23H25OP. The van der Waals surface area contributed by atoms with Gasteiger partial charge in [0.2, 0.25) is 0 Å². The third-order valence-electron chi connectivity index (χ3n) is 5.72. The van der Waals surface area contributed by atoms with Crippen LogP contribution < -0.4 is 15.9 Å². The van der Waals surface area contributed by atoms with Crippen molar-refractivity contribution in [1.82, 2.24) is 0 Å². The van der Waals surface area contributed by atoms with Crippen LogP contribution in [0.25, 0.3) is 0 Å². The first-order valence-electron chi connectivity index (χ1n) is 9.18. The molecule has 1 saturated carbocycles. The quantitative estimate of drug-likeness (QED) is 0.714. The third kappa shape index (κ3) is 2.82. The first-order chi connectivity index (χ1) is 12.3. The Labute approximate surface area is 150 Å². The third-order valence-corrected chi connectivity index (χ3v) is 11.2. The molecule has 0 saturated heterocycles. The summed E-state index contributed by atoms with van der Waals surface area (Å²) in [5.74, 6) is 0. The van der Waals surface area contributed by atoms with Crippen molar-refractivity contribution in [3.63, 3.8) is 0 Å². The Morgan fingerprint density at radius 3 is 1.32 bits per heavy atom. The van der Waals surface area contributed by atoms with E-state index in [1.165, 1.54) is 15.9 Å². The van der Waals surface area contributed by atoms with Crippen LogP contribution in [-0.2, 0) is 0 Å². The Hall–Kier alpha value is -1.95. The van der Waals surface area contributed by atoms with Gasteiger partial charge in [0, 0.05) is 0 Å². The van der Waals surface area contributed by atoms with Crippen LogP contribution in [0.5, 0.6) is 0 Å². The molecule has 0 bridgehead atoms. The van der Waals surface area contributed by atoms with Crippen molar-refractivity contribution < 1.29 is 5.11 Å². The van der Waals surface area contributed by atoms with Gasteiger partial charge in [-0.15, -0.1) is 0 Å². The first-order valence-corrected chi connectivity index (χ1v) is 11.3. The average Bonchev–Trinajstić information content (AvgIpc) is 3.12. The van der Waals surface area contributed by atoms with Gasteiger partial charge in [0.05, 0.1) is 0 Å². The molecule has 0 amide bonds. The summed E-state index contributed by atoms with van der Waals surface area (Å²) in [6, 6.07) is 32.8. The van der Waals surface area contributed by atoms with E-state index in [9.17, 15) is 5.11 Å². The topological polar surface area (TPSA) is 20.2 Å². The van der Waals surface area contributed by atoms with Crippen molar-refractivity contribution in [2.75, 3.05) is 0 Å². The van der Waals surface area contributed by atoms with E-state index in [1.54, 1.807) is 0 Å². The standard InChI is InChI=1S/C23H25OP/c24-22-17-10-18-23(22)25(19-11-4-1-5-12-19,20-13-6-2-7-14-20)21-15-8-3-9-16-21/h1-9,11-16,22-25H,10,17-18H2. The number of aliphatic hydroxyl groups is 1. The SMILES string of the molecule is OC1CCCC1[PH](c1ccccc1)(c1ccccc1)c1ccccc1. The summed E-state index contributed by atoms with van der Waals surface area (Å²) in [5.41, 5.74) is 0.319. The Bertz CT molecular complexity index is 705. The summed E-state index contributed by atoms with van der Waals surface area (Å²) < 4.78 is 0. The Morgan fingerprint density at radius 2 is 1.00 bits per heavy atom. The average molecular weight is 348 g/mol. The van der Waals surface area contributed by atoms with Crippen LogP contribution in [0.1, 0.15) is 19.3 Å². The molecule has 1 N–H and O–H groups in total. The molecule has 1 fully saturated rings. The van der Waals surface area contributed by atoms with Crippen molar-refractivity contribution in [2.45, 2.75) is 31.0 Å². The monoisotopic (exact) mass is 348 g/mol. The molecule has 4 rings (SSSR count). The van der Waals surface area contributed by atoms with E-state index in [1.807, 2.05) is 0 Å². The predicted molar refractivity (Wildman–Crippen MR) is 110 cm³/mol. The van der Waals surface area contributed by atoms with E-state index in [0.717, 1.165) is 19.3 Å². The number of hydrogen-bond donors (Lipinski definition) is 1. The normalized spacial score (nSPS) is 21.2. The second-order valence-corrected chi connectivity index (χ2v) is 11.1. The minimum absolute atomic E-state index is 0.215. The van der Waals surface area contributed by atoms with Crippen LogP contribution >= 0.6 is 7.26 Å². The fraction of sp³-hybridized carbons (Fsp3) is 0.217. The zero-order chi connectivity index (χ0) is 17.1. The molecule has 0 spiro atoms. The summed E-state index contributed by atoms with van der Waals surface area (Å²) in [6.07, 6.45) is 2.93. The van der Waals surface area contributed by atoms with Crippen molar-refractivity contribution in [3.05, 3.63) is 91.0 Å². The summed E-state index contributed by atoms with van der Waals surface area (Å²) in [4.78, 5) is 0. The van der Waals surface area contributed by atoms with Gasteiger partial charge < -0.3 is 0 Å². The van der Waals surface area contributed by atoms with Crippen molar-refractivity contribution in [2.24, 2.45) is 0 Å². The van der Waals surface area contributed by atoms with Gasteiger partial charge in [-0.25, -0.2) is 0 Å². The summed E-state index contributed by atoms with van der Waals surface area (Å²) in [7, 11) is -2.30. The Kier molecular flexibility index (Phi) is 4.70. The van der Waals surface area contributed by atoms with Crippen LogP contribution in [0, 0.1) is 0 Å². The second-order valence-electron chi connectivity index (χ2n) is 7.01. The number of hydrogen-bond acceptors (Lipinski definition) is 1. The molecule has 2 heteroatoms. The maximum atomic E-state index is 10.9. The maximum absolute atomic E-state index is 10.9. The summed E-state index contributed by atoms with van der Waals surface area (Å²) >= 11 is 0. The molecule has 2 atom stereocenters. The molecule has 3 aromatic carbocycles. The van der Waals surface area contributed by atoms with Gasteiger partial charge in [-0.3, -0.25) is 0 Å². The van der Waals surface area contributed by atoms with Gasteiger partial charge in [-0.2, -0.15) is 0 Å². The van der Waals surface area contributed by atoms with E-state index in [0.29, 0.717) is 5.66 Å². The summed E-state index contributed by atoms with van der Waals surface area (Å²) in [5, 5.41) is 15.1. The van der Waals surface area contributed by atoms with E-state index in [2.05, 4.69) is 91.0 Å². The van der Waals surface area contributed by atoms with Crippen LogP contribution in [0.4, 0.5) is 0 Å². The van der Waals surface area contributed by atoms with Crippen LogP contribution in [0.3, 0.4) is 0 Å². The van der Waals surface area contributed by atoms with Gasteiger partial charge >= 0.3 is 150 Å². The van der Waals surface area contributed by atoms with Crippen molar-refractivity contribution in [3.8, 4) is 0 Å². The molecule has 2 unspecified atom stereocenters. The molecule has 1 nitrogen and oxygen atoms in total. The molecule has 0 heterocycles. The molecule has 25 heavy (non-hydrogen) atoms. The molecule has 0 aliphatic heterocycles. The summed E-state index contributed by atoms with van der Waals surface area (Å²) in [6.45, 7) is 0. The number of rotatable bonds is 4. The van der Waals surface area contributed by atoms with E-state index in [4.69, 9.17) is 0 Å². The molecule has 0 radical (unpaired) electrons. The van der Waals surface area contributed by atoms with Crippen LogP contribution in [0.15, 0.2) is 91.0 Å². The van der Waals surface area contributed by atoms with Gasteiger partial charge in [0.1, 0.15) is 0 Å². The van der Waals surface area contributed by atoms with Crippen LogP contribution in [-0.4, -0.2) is 16.9 Å². The molecule has 1 aliphatic carbocycles. The van der Waals surface area contributed by atoms with Crippen LogP contribution in [0.2, 0.25) is 0 Å².